The number of hydrogen-bond acceptors (Lipinski definition) is 7. The van der Waals surface area contributed by atoms with E-state index in [1.165, 1.54) is 14.0 Å². The van der Waals surface area contributed by atoms with Gasteiger partial charge in [-0.25, -0.2) is 0 Å². The van der Waals surface area contributed by atoms with Gasteiger partial charge in [-0.1, -0.05) is 59.2 Å². The first-order valence-corrected chi connectivity index (χ1v) is 10.0. The van der Waals surface area contributed by atoms with E-state index in [4.69, 9.17) is 20.9 Å². The van der Waals surface area contributed by atoms with Crippen LogP contribution in [0.25, 0.3) is 0 Å². The van der Waals surface area contributed by atoms with Crippen LogP contribution in [0.1, 0.15) is 40.5 Å². The smallest absolute Gasteiger partial charge is 0.334 e. The molecular formula is C22H20ClN3O5. The van der Waals surface area contributed by atoms with E-state index in [1.54, 1.807) is 12.1 Å². The number of rotatable bonds is 5. The van der Waals surface area contributed by atoms with Gasteiger partial charge >= 0.3 is 11.7 Å². The molecule has 1 aliphatic heterocycles. The van der Waals surface area contributed by atoms with Crippen LogP contribution in [0.15, 0.2) is 59.1 Å². The summed E-state index contributed by atoms with van der Waals surface area (Å²) in [5.41, 5.74) is 1.64. The van der Waals surface area contributed by atoms with Gasteiger partial charge in [0.15, 0.2) is 5.69 Å². The Labute approximate surface area is 183 Å². The van der Waals surface area contributed by atoms with Crippen molar-refractivity contribution in [3.63, 3.8) is 0 Å². The van der Waals surface area contributed by atoms with Crippen molar-refractivity contribution in [3.8, 4) is 0 Å². The lowest BCUT2D eigenvalue weighted by Gasteiger charge is -2.23. The minimum atomic E-state index is -0.747. The Balaban J connectivity index is 1.93. The molecule has 4 atom stereocenters. The third-order valence-corrected chi connectivity index (χ3v) is 5.93. The molecule has 2 heterocycles. The average molecular weight is 442 g/mol. The number of carbonyl (C=O) groups is 1. The molecule has 4 rings (SSSR count). The summed E-state index contributed by atoms with van der Waals surface area (Å²) in [6, 6.07) is 15.2. The minimum absolute atomic E-state index is 0.121. The zero-order valence-electron chi connectivity index (χ0n) is 16.8. The van der Waals surface area contributed by atoms with Crippen molar-refractivity contribution < 1.29 is 19.0 Å². The second-order valence-electron chi connectivity index (χ2n) is 7.40. The number of hydrogen-bond donors (Lipinski definition) is 1. The molecule has 0 radical (unpaired) electrons. The Hall–Kier alpha value is -3.23. The van der Waals surface area contributed by atoms with Crippen LogP contribution >= 0.6 is 11.6 Å². The Morgan fingerprint density at radius 3 is 2.42 bits per heavy atom. The largest absolute Gasteiger partial charge is 0.468 e. The molecule has 0 bridgehead atoms. The van der Waals surface area contributed by atoms with Crippen molar-refractivity contribution in [2.75, 3.05) is 7.11 Å². The number of nitrogens with one attached hydrogen (secondary N) is 1. The number of esters is 1. The first-order chi connectivity index (χ1) is 14.9. The monoisotopic (exact) mass is 441 g/mol. The van der Waals surface area contributed by atoms with Gasteiger partial charge in [0, 0.05) is 17.0 Å². The zero-order chi connectivity index (χ0) is 22.1. The highest BCUT2D eigenvalue weighted by Gasteiger charge is 2.52. The maximum absolute atomic E-state index is 12.7. The number of aromatic nitrogens is 1. The summed E-state index contributed by atoms with van der Waals surface area (Å²) in [5, 5.41) is 19.6. The van der Waals surface area contributed by atoms with Gasteiger partial charge in [0.05, 0.1) is 18.0 Å². The summed E-state index contributed by atoms with van der Waals surface area (Å²) in [7, 11) is 1.32. The van der Waals surface area contributed by atoms with Crippen LogP contribution in [0.3, 0.4) is 0 Å². The molecule has 1 aliphatic rings. The number of halogens is 1. The lowest BCUT2D eigenvalue weighted by molar-refractivity contribution is -0.386. The molecule has 3 aromatic rings. The van der Waals surface area contributed by atoms with Gasteiger partial charge in [-0.15, -0.1) is 0 Å². The van der Waals surface area contributed by atoms with E-state index in [0.717, 1.165) is 11.1 Å². The molecule has 0 aliphatic carbocycles. The van der Waals surface area contributed by atoms with Crippen LogP contribution in [0.2, 0.25) is 5.02 Å². The van der Waals surface area contributed by atoms with Gasteiger partial charge in [-0.3, -0.25) is 20.2 Å². The minimum Gasteiger partial charge on any atom is -0.468 e. The molecule has 0 spiro atoms. The van der Waals surface area contributed by atoms with Crippen molar-refractivity contribution in [1.29, 1.82) is 0 Å². The summed E-state index contributed by atoms with van der Waals surface area (Å²) < 4.78 is 10.6. The predicted molar refractivity (Wildman–Crippen MR) is 113 cm³/mol. The molecule has 1 saturated heterocycles. The Kier molecular flexibility index (Phi) is 5.75. The summed E-state index contributed by atoms with van der Waals surface area (Å²) >= 11 is 6.06. The number of benzene rings is 2. The fourth-order valence-electron chi connectivity index (χ4n) is 4.34. The zero-order valence-corrected chi connectivity index (χ0v) is 17.6. The molecule has 1 aromatic heterocycles. The van der Waals surface area contributed by atoms with E-state index in [0.29, 0.717) is 5.02 Å². The molecular weight excluding hydrogens is 422 g/mol. The quantitative estimate of drug-likeness (QED) is 0.357. The molecule has 160 valence electrons. The Morgan fingerprint density at radius 2 is 1.81 bits per heavy atom. The molecule has 8 nitrogen and oxygen atoms in total. The lowest BCUT2D eigenvalue weighted by atomic mass is 9.78. The molecule has 2 aromatic carbocycles. The summed E-state index contributed by atoms with van der Waals surface area (Å²) in [6.45, 7) is 1.53. The van der Waals surface area contributed by atoms with Gasteiger partial charge in [-0.05, 0) is 30.2 Å². The molecule has 0 unspecified atom stereocenters. The highest BCUT2D eigenvalue weighted by molar-refractivity contribution is 6.30. The second kappa shape index (κ2) is 8.49. The number of nitro groups is 1. The first kappa shape index (κ1) is 21.0. The van der Waals surface area contributed by atoms with Crippen molar-refractivity contribution in [1.82, 2.24) is 10.5 Å². The number of ether oxygens (including phenoxy) is 1. The van der Waals surface area contributed by atoms with Gasteiger partial charge < -0.3 is 9.26 Å². The van der Waals surface area contributed by atoms with E-state index in [-0.39, 0.29) is 17.1 Å². The standard InChI is InChI=1S/C22H20ClN3O5/c1-12-20(26(28)29)21(31-25-12)17-16(13-6-4-3-5-7-13)19(22(27)30-2)24-18(17)14-8-10-15(23)11-9-14/h3-11,16-19,24H,1-2H3/t16-,17-,18-,19-/m0/s1. The number of nitrogens with zero attached hydrogens (tertiary/aromatic N) is 2. The van der Waals surface area contributed by atoms with Crippen molar-refractivity contribution in [2.45, 2.75) is 30.8 Å². The van der Waals surface area contributed by atoms with Gasteiger partial charge in [0.25, 0.3) is 0 Å². The van der Waals surface area contributed by atoms with Crippen molar-refractivity contribution in [2.24, 2.45) is 0 Å². The molecule has 0 saturated carbocycles. The fourth-order valence-corrected chi connectivity index (χ4v) is 4.47. The Bertz CT molecular complexity index is 1100. The SMILES string of the molecule is COC(=O)[C@H]1N[C@@H](c2ccc(Cl)cc2)[C@@H](c2onc(C)c2[N+](=O)[O-])[C@@H]1c1ccccc1. The third kappa shape index (κ3) is 3.80. The van der Waals surface area contributed by atoms with E-state index < -0.39 is 34.8 Å². The third-order valence-electron chi connectivity index (χ3n) is 5.68. The van der Waals surface area contributed by atoms with Gasteiger partial charge in [0.2, 0.25) is 5.76 Å². The van der Waals surface area contributed by atoms with Crippen LogP contribution in [-0.4, -0.2) is 29.2 Å². The van der Waals surface area contributed by atoms with Gasteiger partial charge in [0.1, 0.15) is 6.04 Å². The average Bonchev–Trinajstić information content (AvgIpc) is 3.35. The van der Waals surface area contributed by atoms with E-state index >= 15 is 0 Å². The number of carbonyl (C=O) groups excluding carboxylic acids is 1. The molecule has 31 heavy (non-hydrogen) atoms. The number of aryl methyl sites for hydroxylation is 1. The summed E-state index contributed by atoms with van der Waals surface area (Å²) in [5.74, 6) is -1.42. The van der Waals surface area contributed by atoms with Crippen LogP contribution in [0.4, 0.5) is 5.69 Å². The van der Waals surface area contributed by atoms with Crippen LogP contribution < -0.4 is 5.32 Å². The highest BCUT2D eigenvalue weighted by Crippen LogP contribution is 2.52. The Morgan fingerprint density at radius 1 is 1.13 bits per heavy atom. The van der Waals surface area contributed by atoms with E-state index in [2.05, 4.69) is 10.5 Å². The normalized spacial score (nSPS) is 22.9. The summed E-state index contributed by atoms with van der Waals surface area (Å²) in [6.07, 6.45) is 0. The van der Waals surface area contributed by atoms with Crippen LogP contribution in [0.5, 0.6) is 0 Å². The molecule has 0 amide bonds. The fraction of sp³-hybridized carbons (Fsp3) is 0.273. The second-order valence-corrected chi connectivity index (χ2v) is 7.83. The van der Waals surface area contributed by atoms with Crippen LogP contribution in [0, 0.1) is 17.0 Å². The molecule has 1 N–H and O–H groups in total. The lowest BCUT2D eigenvalue weighted by Crippen LogP contribution is -2.36. The molecule has 9 heteroatoms. The van der Waals surface area contributed by atoms with E-state index in [9.17, 15) is 14.9 Å². The van der Waals surface area contributed by atoms with Crippen LogP contribution in [-0.2, 0) is 9.53 Å². The summed E-state index contributed by atoms with van der Waals surface area (Å²) in [4.78, 5) is 24.1. The predicted octanol–water partition coefficient (Wildman–Crippen LogP) is 4.30. The molecule has 1 fully saturated rings. The highest BCUT2D eigenvalue weighted by atomic mass is 35.5. The number of methoxy groups -OCH3 is 1. The topological polar surface area (TPSA) is 108 Å². The first-order valence-electron chi connectivity index (χ1n) is 9.67. The van der Waals surface area contributed by atoms with E-state index in [1.807, 2.05) is 42.5 Å². The van der Waals surface area contributed by atoms with Gasteiger partial charge in [-0.2, -0.15) is 0 Å². The maximum atomic E-state index is 12.7. The van der Waals surface area contributed by atoms with Crippen molar-refractivity contribution >= 4 is 23.3 Å². The van der Waals surface area contributed by atoms with Crippen molar-refractivity contribution in [3.05, 3.63) is 92.3 Å². The maximum Gasteiger partial charge on any atom is 0.334 e.